The summed E-state index contributed by atoms with van der Waals surface area (Å²) in [6.07, 6.45) is 0. The van der Waals surface area contributed by atoms with E-state index in [0.29, 0.717) is 22.7 Å². The molecule has 0 saturated heterocycles. The first-order valence-electron chi connectivity index (χ1n) is 7.20. The molecule has 0 unspecified atom stereocenters. The van der Waals surface area contributed by atoms with Crippen LogP contribution < -0.4 is 10.5 Å². The zero-order chi connectivity index (χ0) is 16.2. The van der Waals surface area contributed by atoms with E-state index in [1.165, 1.54) is 0 Å². The lowest BCUT2D eigenvalue weighted by atomic mass is 9.95. The van der Waals surface area contributed by atoms with Gasteiger partial charge in [0.15, 0.2) is 0 Å². The second-order valence-electron chi connectivity index (χ2n) is 5.11. The lowest BCUT2D eigenvalue weighted by Crippen LogP contribution is -1.94. The second kappa shape index (κ2) is 6.32. The fourth-order valence-corrected chi connectivity index (χ4v) is 2.61. The zero-order valence-electron chi connectivity index (χ0n) is 12.7. The molecule has 3 aromatic carbocycles. The van der Waals surface area contributed by atoms with E-state index in [-0.39, 0.29) is 0 Å². The zero-order valence-corrected chi connectivity index (χ0v) is 12.7. The van der Waals surface area contributed by atoms with Crippen molar-refractivity contribution in [1.29, 1.82) is 0 Å². The van der Waals surface area contributed by atoms with E-state index in [9.17, 15) is 4.91 Å². The molecule has 0 spiro atoms. The Hall–Kier alpha value is -3.14. The van der Waals surface area contributed by atoms with E-state index in [2.05, 4.69) is 5.18 Å². The van der Waals surface area contributed by atoms with Gasteiger partial charge in [-0.25, -0.2) is 0 Å². The fraction of sp³-hybridized carbons (Fsp3) is 0.0526. The van der Waals surface area contributed by atoms with Crippen molar-refractivity contribution in [2.24, 2.45) is 5.18 Å². The Morgan fingerprint density at radius 2 is 1.61 bits per heavy atom. The van der Waals surface area contributed by atoms with Gasteiger partial charge in [0.25, 0.3) is 0 Å². The number of hydrogen-bond donors (Lipinski definition) is 1. The molecule has 0 saturated carbocycles. The molecule has 3 rings (SSSR count). The van der Waals surface area contributed by atoms with E-state index in [1.54, 1.807) is 25.3 Å². The molecule has 0 radical (unpaired) electrons. The van der Waals surface area contributed by atoms with Crippen LogP contribution in [0.2, 0.25) is 0 Å². The van der Waals surface area contributed by atoms with Gasteiger partial charge in [-0.3, -0.25) is 0 Å². The summed E-state index contributed by atoms with van der Waals surface area (Å²) >= 11 is 0. The Balaban J connectivity index is 2.17. The summed E-state index contributed by atoms with van der Waals surface area (Å²) in [7, 11) is 1.55. The molecular weight excluding hydrogens is 288 g/mol. The van der Waals surface area contributed by atoms with Gasteiger partial charge >= 0.3 is 0 Å². The average molecular weight is 304 g/mol. The van der Waals surface area contributed by atoms with Gasteiger partial charge in [0.1, 0.15) is 11.4 Å². The lowest BCUT2D eigenvalue weighted by Gasteiger charge is -2.13. The molecule has 3 aromatic rings. The summed E-state index contributed by atoms with van der Waals surface area (Å²) in [6, 6.07) is 20.9. The number of nitrogens with zero attached hydrogens (tertiary/aromatic N) is 1. The van der Waals surface area contributed by atoms with Crippen molar-refractivity contribution < 1.29 is 4.74 Å². The summed E-state index contributed by atoms with van der Waals surface area (Å²) in [4.78, 5) is 11.2. The number of benzene rings is 3. The van der Waals surface area contributed by atoms with Crippen LogP contribution in [0.1, 0.15) is 0 Å². The number of rotatable bonds is 4. The van der Waals surface area contributed by atoms with Gasteiger partial charge in [0, 0.05) is 28.4 Å². The Morgan fingerprint density at radius 1 is 0.870 bits per heavy atom. The van der Waals surface area contributed by atoms with Crippen molar-refractivity contribution in [2.45, 2.75) is 0 Å². The van der Waals surface area contributed by atoms with Crippen molar-refractivity contribution in [3.8, 4) is 28.0 Å². The minimum Gasteiger partial charge on any atom is -0.497 e. The Labute approximate surface area is 134 Å². The number of nitroso groups, excluding NO2 is 1. The molecule has 114 valence electrons. The number of methoxy groups -OCH3 is 1. The summed E-state index contributed by atoms with van der Waals surface area (Å²) in [5, 5.41) is 3.11. The third kappa shape index (κ3) is 2.79. The van der Waals surface area contributed by atoms with Crippen LogP contribution in [0.5, 0.6) is 5.75 Å². The van der Waals surface area contributed by atoms with Crippen LogP contribution in [0.25, 0.3) is 22.3 Å². The summed E-state index contributed by atoms with van der Waals surface area (Å²) < 4.78 is 5.14. The number of para-hydroxylation sites is 1. The van der Waals surface area contributed by atoms with Crippen LogP contribution in [0, 0.1) is 4.91 Å². The van der Waals surface area contributed by atoms with Gasteiger partial charge in [0.2, 0.25) is 0 Å². The SMILES string of the molecule is COc1ccc(-c2cccc(-c3ccccc3)c2N)c(N=O)c1. The van der Waals surface area contributed by atoms with Crippen LogP contribution >= 0.6 is 0 Å². The smallest absolute Gasteiger partial charge is 0.121 e. The molecule has 0 atom stereocenters. The first-order valence-corrected chi connectivity index (χ1v) is 7.20. The van der Waals surface area contributed by atoms with Crippen molar-refractivity contribution in [2.75, 3.05) is 12.8 Å². The average Bonchev–Trinajstić information content (AvgIpc) is 2.62. The maximum Gasteiger partial charge on any atom is 0.121 e. The monoisotopic (exact) mass is 304 g/mol. The highest BCUT2D eigenvalue weighted by molar-refractivity contribution is 5.92. The molecule has 0 amide bonds. The summed E-state index contributed by atoms with van der Waals surface area (Å²) in [5.41, 5.74) is 10.7. The molecule has 0 aromatic heterocycles. The van der Waals surface area contributed by atoms with E-state index in [4.69, 9.17) is 10.5 Å². The minimum absolute atomic E-state index is 0.307. The molecule has 23 heavy (non-hydrogen) atoms. The molecular formula is C19H16N2O2. The molecule has 4 nitrogen and oxygen atoms in total. The normalized spacial score (nSPS) is 10.3. The molecule has 0 aliphatic carbocycles. The van der Waals surface area contributed by atoms with E-state index in [1.807, 2.05) is 48.5 Å². The topological polar surface area (TPSA) is 64.7 Å². The summed E-state index contributed by atoms with van der Waals surface area (Å²) in [5.74, 6) is 0.584. The van der Waals surface area contributed by atoms with Crippen molar-refractivity contribution >= 4 is 11.4 Å². The molecule has 0 aliphatic rings. The predicted molar refractivity (Wildman–Crippen MR) is 93.7 cm³/mol. The maximum atomic E-state index is 11.2. The van der Waals surface area contributed by atoms with Crippen molar-refractivity contribution in [1.82, 2.24) is 0 Å². The molecule has 0 bridgehead atoms. The number of hydrogen-bond acceptors (Lipinski definition) is 4. The lowest BCUT2D eigenvalue weighted by molar-refractivity contribution is 0.415. The number of ether oxygens (including phenoxy) is 1. The Morgan fingerprint density at radius 3 is 2.30 bits per heavy atom. The summed E-state index contributed by atoms with van der Waals surface area (Å²) in [6.45, 7) is 0. The van der Waals surface area contributed by atoms with Gasteiger partial charge in [0.05, 0.1) is 7.11 Å². The molecule has 4 heteroatoms. The van der Waals surface area contributed by atoms with Gasteiger partial charge in [-0.05, 0) is 22.9 Å². The van der Waals surface area contributed by atoms with Crippen LogP contribution in [0.4, 0.5) is 11.4 Å². The number of anilines is 1. The number of nitrogens with two attached hydrogens (primary N) is 1. The molecule has 0 fully saturated rings. The predicted octanol–water partition coefficient (Wildman–Crippen LogP) is 5.01. The van der Waals surface area contributed by atoms with Gasteiger partial charge in [-0.2, -0.15) is 0 Å². The standard InChI is InChI=1S/C19H16N2O2/c1-23-14-10-11-16(18(12-14)21-22)17-9-5-8-15(19(17)20)13-6-3-2-4-7-13/h2-12H,20H2,1H3. The first-order chi connectivity index (χ1) is 11.2. The number of nitrogen functional groups attached to an aromatic ring is 1. The molecule has 0 aliphatic heterocycles. The molecule has 0 heterocycles. The minimum atomic E-state index is 0.307. The van der Waals surface area contributed by atoms with E-state index >= 15 is 0 Å². The second-order valence-corrected chi connectivity index (χ2v) is 5.11. The van der Waals surface area contributed by atoms with Crippen molar-refractivity contribution in [3.63, 3.8) is 0 Å². The van der Waals surface area contributed by atoms with Gasteiger partial charge in [-0.15, -0.1) is 4.91 Å². The Bertz CT molecular complexity index is 845. The van der Waals surface area contributed by atoms with Crippen LogP contribution in [0.15, 0.2) is 71.9 Å². The molecule has 2 N–H and O–H groups in total. The highest BCUT2D eigenvalue weighted by Gasteiger charge is 2.13. The van der Waals surface area contributed by atoms with Crippen LogP contribution in [-0.4, -0.2) is 7.11 Å². The van der Waals surface area contributed by atoms with Crippen LogP contribution in [-0.2, 0) is 0 Å². The fourth-order valence-electron chi connectivity index (χ4n) is 2.61. The maximum absolute atomic E-state index is 11.2. The Kier molecular flexibility index (Phi) is 4.06. The van der Waals surface area contributed by atoms with Gasteiger partial charge in [-0.1, -0.05) is 48.5 Å². The first kappa shape index (κ1) is 14.8. The highest BCUT2D eigenvalue weighted by Crippen LogP contribution is 2.40. The van der Waals surface area contributed by atoms with Crippen LogP contribution in [0.3, 0.4) is 0 Å². The van der Waals surface area contributed by atoms with Crippen molar-refractivity contribution in [3.05, 3.63) is 71.6 Å². The largest absolute Gasteiger partial charge is 0.497 e. The van der Waals surface area contributed by atoms with E-state index < -0.39 is 0 Å². The van der Waals surface area contributed by atoms with E-state index in [0.717, 1.165) is 16.7 Å². The third-order valence-electron chi connectivity index (χ3n) is 3.78. The van der Waals surface area contributed by atoms with Gasteiger partial charge < -0.3 is 10.5 Å². The quantitative estimate of drug-likeness (QED) is 0.544. The highest BCUT2D eigenvalue weighted by atomic mass is 16.5. The third-order valence-corrected chi connectivity index (χ3v) is 3.78.